The first kappa shape index (κ1) is 14.8. The van der Waals surface area contributed by atoms with E-state index in [-0.39, 0.29) is 0 Å². The van der Waals surface area contributed by atoms with Crippen LogP contribution in [0.5, 0.6) is 5.75 Å². The lowest BCUT2D eigenvalue weighted by atomic mass is 10.0. The van der Waals surface area contributed by atoms with Crippen molar-refractivity contribution >= 4 is 0 Å². The van der Waals surface area contributed by atoms with Crippen LogP contribution in [0.4, 0.5) is 0 Å². The van der Waals surface area contributed by atoms with Gasteiger partial charge in [-0.3, -0.25) is 0 Å². The van der Waals surface area contributed by atoms with Crippen LogP contribution >= 0.6 is 0 Å². The predicted octanol–water partition coefficient (Wildman–Crippen LogP) is 4.09. The minimum atomic E-state index is 0.453. The fraction of sp³-hybridized carbons (Fsp3) is 0.500. The van der Waals surface area contributed by atoms with Crippen molar-refractivity contribution in [2.45, 2.75) is 39.7 Å². The van der Waals surface area contributed by atoms with Gasteiger partial charge in [0.15, 0.2) is 0 Å². The van der Waals surface area contributed by atoms with Crippen LogP contribution in [-0.2, 0) is 0 Å². The zero-order valence-electron chi connectivity index (χ0n) is 11.8. The molecule has 2 nitrogen and oxygen atoms in total. The second-order valence-electron chi connectivity index (χ2n) is 4.36. The Kier molecular flexibility index (Phi) is 7.19. The van der Waals surface area contributed by atoms with Gasteiger partial charge >= 0.3 is 0 Å². The first-order chi connectivity index (χ1) is 8.81. The smallest absolute Gasteiger partial charge is 0.119 e. The number of benzene rings is 1. The van der Waals surface area contributed by atoms with E-state index in [1.165, 1.54) is 12.0 Å². The predicted molar refractivity (Wildman–Crippen MR) is 78.1 cm³/mol. The monoisotopic (exact) mass is 247 g/mol. The van der Waals surface area contributed by atoms with E-state index >= 15 is 0 Å². The highest BCUT2D eigenvalue weighted by Crippen LogP contribution is 2.20. The van der Waals surface area contributed by atoms with E-state index < -0.39 is 0 Å². The van der Waals surface area contributed by atoms with Crippen LogP contribution in [0.1, 0.15) is 45.2 Å². The first-order valence-electron chi connectivity index (χ1n) is 6.89. The molecule has 1 atom stereocenters. The molecule has 0 amide bonds. The van der Waals surface area contributed by atoms with Gasteiger partial charge in [-0.25, -0.2) is 0 Å². The van der Waals surface area contributed by atoms with Crippen molar-refractivity contribution in [3.63, 3.8) is 0 Å². The third kappa shape index (κ3) is 4.92. The highest BCUT2D eigenvalue weighted by molar-refractivity contribution is 5.29. The van der Waals surface area contributed by atoms with Gasteiger partial charge in [0.05, 0.1) is 0 Å². The Morgan fingerprint density at radius 2 is 1.94 bits per heavy atom. The lowest BCUT2D eigenvalue weighted by Crippen LogP contribution is -2.21. The zero-order valence-corrected chi connectivity index (χ0v) is 11.8. The summed E-state index contributed by atoms with van der Waals surface area (Å²) in [6.07, 6.45) is 6.28. The minimum absolute atomic E-state index is 0.453. The van der Waals surface area contributed by atoms with Crippen LogP contribution in [0.3, 0.4) is 0 Å². The minimum Gasteiger partial charge on any atom is -0.490 e. The van der Waals surface area contributed by atoms with Gasteiger partial charge in [0.1, 0.15) is 12.4 Å². The summed E-state index contributed by atoms with van der Waals surface area (Å²) in [5, 5.41) is 3.56. The number of hydrogen-bond acceptors (Lipinski definition) is 2. The molecule has 0 aliphatic rings. The van der Waals surface area contributed by atoms with Gasteiger partial charge in [-0.05, 0) is 44.0 Å². The number of allylic oxidation sites excluding steroid dienone is 1. The van der Waals surface area contributed by atoms with Crippen molar-refractivity contribution in [1.29, 1.82) is 0 Å². The van der Waals surface area contributed by atoms with E-state index in [0.29, 0.717) is 12.6 Å². The van der Waals surface area contributed by atoms with Crippen LogP contribution in [0.15, 0.2) is 36.4 Å². The quantitative estimate of drug-likeness (QED) is 0.699. The van der Waals surface area contributed by atoms with Gasteiger partial charge in [-0.15, -0.1) is 0 Å². The van der Waals surface area contributed by atoms with Gasteiger partial charge in [0.2, 0.25) is 0 Å². The topological polar surface area (TPSA) is 21.3 Å². The van der Waals surface area contributed by atoms with Gasteiger partial charge in [-0.1, -0.05) is 38.1 Å². The maximum atomic E-state index is 5.59. The number of nitrogens with one attached hydrogen (secondary N) is 1. The fourth-order valence-corrected chi connectivity index (χ4v) is 1.85. The molecule has 18 heavy (non-hydrogen) atoms. The third-order valence-corrected chi connectivity index (χ3v) is 2.91. The summed E-state index contributed by atoms with van der Waals surface area (Å²) in [6, 6.07) is 8.86. The summed E-state index contributed by atoms with van der Waals surface area (Å²) < 4.78 is 5.59. The van der Waals surface area contributed by atoms with E-state index in [9.17, 15) is 0 Å². The van der Waals surface area contributed by atoms with Crippen LogP contribution < -0.4 is 10.1 Å². The van der Waals surface area contributed by atoms with Crippen molar-refractivity contribution in [3.8, 4) is 5.75 Å². The number of rotatable bonds is 8. The Morgan fingerprint density at radius 3 is 2.50 bits per heavy atom. The molecule has 0 aromatic heterocycles. The second kappa shape index (κ2) is 8.76. The van der Waals surface area contributed by atoms with Crippen molar-refractivity contribution in [1.82, 2.24) is 5.32 Å². The fourth-order valence-electron chi connectivity index (χ4n) is 1.85. The van der Waals surface area contributed by atoms with Crippen molar-refractivity contribution in [3.05, 3.63) is 42.0 Å². The maximum absolute atomic E-state index is 5.59. The zero-order chi connectivity index (χ0) is 13.2. The summed E-state index contributed by atoms with van der Waals surface area (Å²) in [4.78, 5) is 0. The summed E-state index contributed by atoms with van der Waals surface area (Å²) in [5.74, 6) is 0.933. The van der Waals surface area contributed by atoms with Crippen LogP contribution in [0.25, 0.3) is 0 Å². The average molecular weight is 247 g/mol. The maximum Gasteiger partial charge on any atom is 0.119 e. The van der Waals surface area contributed by atoms with E-state index in [1.807, 2.05) is 19.1 Å². The molecular weight excluding hydrogens is 222 g/mol. The van der Waals surface area contributed by atoms with Gasteiger partial charge < -0.3 is 10.1 Å². The Morgan fingerprint density at radius 1 is 1.22 bits per heavy atom. The molecule has 0 heterocycles. The molecule has 0 saturated carbocycles. The summed E-state index contributed by atoms with van der Waals surface area (Å²) in [5.41, 5.74) is 1.34. The van der Waals surface area contributed by atoms with Gasteiger partial charge in [-0.2, -0.15) is 0 Å². The molecule has 1 rings (SSSR count). The first-order valence-corrected chi connectivity index (χ1v) is 6.89. The number of ether oxygens (including phenoxy) is 1. The van der Waals surface area contributed by atoms with Gasteiger partial charge in [0, 0.05) is 6.04 Å². The summed E-state index contributed by atoms with van der Waals surface area (Å²) in [7, 11) is 0. The molecule has 2 heteroatoms. The average Bonchev–Trinajstić information content (AvgIpc) is 2.41. The molecule has 100 valence electrons. The standard InChI is InChI=1S/C16H25NO/c1-4-7-13-18-15-10-8-14(9-11-15)16(6-3)17-12-5-2/h4,7-11,16-17H,5-6,12-13H2,1-3H3/b7-4+. The Bertz CT molecular complexity index is 343. The summed E-state index contributed by atoms with van der Waals surface area (Å²) >= 11 is 0. The molecule has 0 aliphatic carbocycles. The van der Waals surface area contributed by atoms with Crippen LogP contribution in [-0.4, -0.2) is 13.2 Å². The molecule has 0 fully saturated rings. The Hall–Kier alpha value is -1.28. The van der Waals surface area contributed by atoms with E-state index in [2.05, 4.69) is 43.4 Å². The third-order valence-electron chi connectivity index (χ3n) is 2.91. The van der Waals surface area contributed by atoms with Crippen molar-refractivity contribution in [2.24, 2.45) is 0 Å². The molecular formula is C16H25NO. The normalized spacial score (nSPS) is 12.8. The van der Waals surface area contributed by atoms with Gasteiger partial charge in [0.25, 0.3) is 0 Å². The molecule has 1 unspecified atom stereocenters. The lowest BCUT2D eigenvalue weighted by Gasteiger charge is -2.17. The SMILES string of the molecule is C/C=C/COc1ccc(C(CC)NCCC)cc1. The Balaban J connectivity index is 2.56. The molecule has 1 N–H and O–H groups in total. The van der Waals surface area contributed by atoms with E-state index in [4.69, 9.17) is 4.74 Å². The largest absolute Gasteiger partial charge is 0.490 e. The summed E-state index contributed by atoms with van der Waals surface area (Å²) in [6.45, 7) is 8.11. The lowest BCUT2D eigenvalue weighted by molar-refractivity contribution is 0.362. The van der Waals surface area contributed by atoms with Crippen LogP contribution in [0.2, 0.25) is 0 Å². The molecule has 0 spiro atoms. The second-order valence-corrected chi connectivity index (χ2v) is 4.36. The van der Waals surface area contributed by atoms with Crippen LogP contribution in [0, 0.1) is 0 Å². The molecule has 0 radical (unpaired) electrons. The van der Waals surface area contributed by atoms with Crippen molar-refractivity contribution in [2.75, 3.05) is 13.2 Å². The molecule has 1 aromatic rings. The van der Waals surface area contributed by atoms with Crippen molar-refractivity contribution < 1.29 is 4.74 Å². The number of hydrogen-bond donors (Lipinski definition) is 1. The van der Waals surface area contributed by atoms with E-state index in [0.717, 1.165) is 18.7 Å². The van der Waals surface area contributed by atoms with E-state index in [1.54, 1.807) is 0 Å². The highest BCUT2D eigenvalue weighted by atomic mass is 16.5. The highest BCUT2D eigenvalue weighted by Gasteiger charge is 2.07. The molecule has 0 aliphatic heterocycles. The molecule has 0 saturated heterocycles. The Labute approximate surface area is 111 Å². The molecule has 1 aromatic carbocycles. The molecule has 0 bridgehead atoms.